The molecule has 0 N–H and O–H groups in total. The molecule has 0 amide bonds. The van der Waals surface area contributed by atoms with Crippen molar-refractivity contribution in [1.29, 1.82) is 0 Å². The van der Waals surface area contributed by atoms with Crippen LogP contribution in [-0.2, 0) is 0 Å². The molecule has 0 aliphatic rings. The fourth-order valence-electron chi connectivity index (χ4n) is 3.79. The Bertz CT molecular complexity index is 1500. The summed E-state index contributed by atoms with van der Waals surface area (Å²) in [7, 11) is 0. The number of para-hydroxylation sites is 2. The first-order valence-corrected chi connectivity index (χ1v) is 11.9. The molecule has 2 aromatic heterocycles. The maximum absolute atomic E-state index is 12.8. The molecule has 0 bridgehead atoms. The van der Waals surface area contributed by atoms with Crippen molar-refractivity contribution in [3.05, 3.63) is 120 Å². The molecular formula is C29H23N3OS. The number of carbonyl (C=O) groups is 1. The highest BCUT2D eigenvalue weighted by molar-refractivity contribution is 7.99. The van der Waals surface area contributed by atoms with Gasteiger partial charge in [-0.25, -0.2) is 4.68 Å². The second-order valence-corrected chi connectivity index (χ2v) is 9.08. The van der Waals surface area contributed by atoms with E-state index >= 15 is 0 Å². The molecule has 0 saturated carbocycles. The number of hydrogen-bond acceptors (Lipinski definition) is 4. The summed E-state index contributed by atoms with van der Waals surface area (Å²) in [6.07, 6.45) is 5.33. The van der Waals surface area contributed by atoms with Crippen LogP contribution < -0.4 is 0 Å². The predicted octanol–water partition coefficient (Wildman–Crippen LogP) is 7.08. The van der Waals surface area contributed by atoms with Crippen LogP contribution in [0, 0.1) is 13.8 Å². The van der Waals surface area contributed by atoms with Crippen LogP contribution in [0.4, 0.5) is 0 Å². The first kappa shape index (κ1) is 21.9. The Morgan fingerprint density at radius 2 is 1.65 bits per heavy atom. The van der Waals surface area contributed by atoms with Gasteiger partial charge in [0.2, 0.25) is 0 Å². The number of benzene rings is 3. The molecule has 0 aliphatic carbocycles. The zero-order valence-electron chi connectivity index (χ0n) is 19.0. The van der Waals surface area contributed by atoms with Crippen LogP contribution in [0.15, 0.2) is 107 Å². The van der Waals surface area contributed by atoms with Crippen molar-refractivity contribution in [2.45, 2.75) is 23.8 Å². The van der Waals surface area contributed by atoms with Crippen LogP contribution in [0.5, 0.6) is 0 Å². The van der Waals surface area contributed by atoms with Crippen molar-refractivity contribution >= 4 is 34.5 Å². The van der Waals surface area contributed by atoms with Gasteiger partial charge in [0.15, 0.2) is 5.78 Å². The average molecular weight is 462 g/mol. The molecule has 0 radical (unpaired) electrons. The Hall–Kier alpha value is -3.96. The first-order chi connectivity index (χ1) is 16.6. The maximum Gasteiger partial charge on any atom is 0.185 e. The lowest BCUT2D eigenvalue weighted by molar-refractivity contribution is 0.104. The lowest BCUT2D eigenvalue weighted by Gasteiger charge is -2.10. The van der Waals surface area contributed by atoms with Crippen LogP contribution in [-0.4, -0.2) is 20.5 Å². The van der Waals surface area contributed by atoms with Crippen LogP contribution in [0.1, 0.15) is 27.2 Å². The average Bonchev–Trinajstić information content (AvgIpc) is 3.18. The smallest absolute Gasteiger partial charge is 0.185 e. The van der Waals surface area contributed by atoms with E-state index in [-0.39, 0.29) is 5.78 Å². The van der Waals surface area contributed by atoms with E-state index in [0.717, 1.165) is 43.3 Å². The highest BCUT2D eigenvalue weighted by atomic mass is 32.2. The van der Waals surface area contributed by atoms with E-state index in [0.29, 0.717) is 5.56 Å². The molecule has 0 atom stereocenters. The molecule has 2 heterocycles. The minimum atomic E-state index is -0.0327. The Labute approximate surface area is 203 Å². The molecule has 5 heteroatoms. The van der Waals surface area contributed by atoms with Gasteiger partial charge >= 0.3 is 0 Å². The molecular weight excluding hydrogens is 438 g/mol. The van der Waals surface area contributed by atoms with Crippen molar-refractivity contribution in [2.75, 3.05) is 0 Å². The minimum Gasteiger partial charge on any atom is -0.289 e. The van der Waals surface area contributed by atoms with E-state index in [9.17, 15) is 4.79 Å². The number of pyridine rings is 1. The number of hydrogen-bond donors (Lipinski definition) is 0. The number of carbonyl (C=O) groups excluding carboxylic acids is 1. The number of nitrogens with zero attached hydrogens (tertiary/aromatic N) is 3. The maximum atomic E-state index is 12.8. The molecule has 0 aliphatic heterocycles. The van der Waals surface area contributed by atoms with Crippen molar-refractivity contribution < 1.29 is 4.79 Å². The number of rotatable bonds is 6. The van der Waals surface area contributed by atoms with Gasteiger partial charge < -0.3 is 0 Å². The van der Waals surface area contributed by atoms with Crippen LogP contribution in [0.2, 0.25) is 0 Å². The topological polar surface area (TPSA) is 47.8 Å². The summed E-state index contributed by atoms with van der Waals surface area (Å²) in [6.45, 7) is 3.98. The quantitative estimate of drug-likeness (QED) is 0.200. The van der Waals surface area contributed by atoms with Crippen molar-refractivity contribution in [3.63, 3.8) is 0 Å². The van der Waals surface area contributed by atoms with E-state index in [1.54, 1.807) is 17.8 Å². The second kappa shape index (κ2) is 9.49. The fraction of sp³-hybridized carbons (Fsp3) is 0.0690. The summed E-state index contributed by atoms with van der Waals surface area (Å²) >= 11 is 1.61. The van der Waals surface area contributed by atoms with Gasteiger partial charge in [0.25, 0.3) is 0 Å². The standard InChI is InChI=1S/C29H23N3OS/c1-20-13-15-22(16-14-20)26(33)18-17-25-21(2)31-32(24-10-4-3-5-11-24)29(25)34-27-12-6-8-23-9-7-19-30-28(23)27/h3-19H,1-2H3/b18-17+. The number of fused-ring (bicyclic) bond motifs is 1. The van der Waals surface area contributed by atoms with Crippen LogP contribution in [0.25, 0.3) is 22.7 Å². The van der Waals surface area contributed by atoms with Crippen LogP contribution in [0.3, 0.4) is 0 Å². The molecule has 0 spiro atoms. The summed E-state index contributed by atoms with van der Waals surface area (Å²) in [4.78, 5) is 18.5. The number of allylic oxidation sites excluding steroid dienone is 1. The van der Waals surface area contributed by atoms with Gasteiger partial charge in [-0.15, -0.1) is 0 Å². The van der Waals surface area contributed by atoms with Gasteiger partial charge in [0.05, 0.1) is 16.9 Å². The number of ketones is 1. The van der Waals surface area contributed by atoms with Gasteiger partial charge in [-0.1, -0.05) is 78.0 Å². The summed E-state index contributed by atoms with van der Waals surface area (Å²) in [6, 6.07) is 27.9. The summed E-state index contributed by atoms with van der Waals surface area (Å²) in [5.74, 6) is -0.0327. The molecule has 4 nitrogen and oxygen atoms in total. The van der Waals surface area contributed by atoms with Gasteiger partial charge in [0.1, 0.15) is 5.03 Å². The summed E-state index contributed by atoms with van der Waals surface area (Å²) < 4.78 is 1.94. The van der Waals surface area contributed by atoms with Crippen molar-refractivity contribution in [2.24, 2.45) is 0 Å². The van der Waals surface area contributed by atoms with Crippen molar-refractivity contribution in [3.8, 4) is 5.69 Å². The second-order valence-electron chi connectivity index (χ2n) is 8.05. The third-order valence-corrected chi connectivity index (χ3v) is 6.74. The SMILES string of the molecule is Cc1ccc(C(=O)/C=C/c2c(C)nn(-c3ccccc3)c2Sc2cccc3cccnc23)cc1. The van der Waals surface area contributed by atoms with E-state index in [1.807, 2.05) is 97.5 Å². The van der Waals surface area contributed by atoms with E-state index in [4.69, 9.17) is 5.10 Å². The molecule has 0 saturated heterocycles. The third-order valence-electron chi connectivity index (χ3n) is 5.60. The zero-order valence-corrected chi connectivity index (χ0v) is 19.8. The molecule has 5 rings (SSSR count). The molecule has 0 unspecified atom stereocenters. The molecule has 5 aromatic rings. The van der Waals surface area contributed by atoms with E-state index in [2.05, 4.69) is 23.2 Å². The third kappa shape index (κ3) is 4.43. The summed E-state index contributed by atoms with van der Waals surface area (Å²) in [5.41, 5.74) is 5.48. The lowest BCUT2D eigenvalue weighted by atomic mass is 10.1. The zero-order chi connectivity index (χ0) is 23.5. The van der Waals surface area contributed by atoms with Gasteiger partial charge in [-0.2, -0.15) is 5.10 Å². The van der Waals surface area contributed by atoms with Gasteiger partial charge in [-0.3, -0.25) is 9.78 Å². The first-order valence-electron chi connectivity index (χ1n) is 11.1. The molecule has 0 fully saturated rings. The van der Waals surface area contributed by atoms with E-state index < -0.39 is 0 Å². The highest BCUT2D eigenvalue weighted by Crippen LogP contribution is 2.37. The Kier molecular flexibility index (Phi) is 6.11. The molecule has 3 aromatic carbocycles. The van der Waals surface area contributed by atoms with Gasteiger partial charge in [-0.05, 0) is 50.3 Å². The number of aryl methyl sites for hydroxylation is 2. The Morgan fingerprint density at radius 3 is 2.44 bits per heavy atom. The van der Waals surface area contributed by atoms with Crippen molar-refractivity contribution in [1.82, 2.24) is 14.8 Å². The predicted molar refractivity (Wildman–Crippen MR) is 139 cm³/mol. The molecule has 34 heavy (non-hydrogen) atoms. The molecule has 166 valence electrons. The van der Waals surface area contributed by atoms with E-state index in [1.165, 1.54) is 0 Å². The number of aromatic nitrogens is 3. The monoisotopic (exact) mass is 461 g/mol. The van der Waals surface area contributed by atoms with Gasteiger partial charge in [0, 0.05) is 27.6 Å². The fourth-order valence-corrected chi connectivity index (χ4v) is 4.97. The highest BCUT2D eigenvalue weighted by Gasteiger charge is 2.18. The Morgan fingerprint density at radius 1 is 0.882 bits per heavy atom. The largest absolute Gasteiger partial charge is 0.289 e. The Balaban J connectivity index is 1.59. The summed E-state index contributed by atoms with van der Waals surface area (Å²) in [5, 5.41) is 6.86. The normalized spacial score (nSPS) is 11.4. The minimum absolute atomic E-state index is 0.0327. The van der Waals surface area contributed by atoms with Crippen LogP contribution >= 0.6 is 11.8 Å². The lowest BCUT2D eigenvalue weighted by Crippen LogP contribution is -1.98.